The van der Waals surface area contributed by atoms with Gasteiger partial charge in [0.25, 0.3) is 5.56 Å². The van der Waals surface area contributed by atoms with Crippen molar-refractivity contribution in [2.75, 3.05) is 13.2 Å². The summed E-state index contributed by atoms with van der Waals surface area (Å²) in [6, 6.07) is 4.29. The average molecular weight is 566 g/mol. The molecule has 2 aromatic heterocycles. The van der Waals surface area contributed by atoms with Crippen molar-refractivity contribution in [3.8, 4) is 11.5 Å². The van der Waals surface area contributed by atoms with Gasteiger partial charge in [-0.1, -0.05) is 19.9 Å². The molecule has 1 aromatic carbocycles. The Bertz CT molecular complexity index is 1440. The molecule has 0 spiro atoms. The largest absolute Gasteiger partial charge is 0.455 e. The number of nitrogens with zero attached hydrogens (tertiary/aromatic N) is 3. The number of aryl methyl sites for hydroxylation is 1. The molecule has 40 heavy (non-hydrogen) atoms. The van der Waals surface area contributed by atoms with E-state index in [-0.39, 0.29) is 59.9 Å². The molecule has 9 nitrogen and oxygen atoms in total. The Morgan fingerprint density at radius 3 is 2.67 bits per heavy atom. The second-order valence-electron chi connectivity index (χ2n) is 10.3. The van der Waals surface area contributed by atoms with Gasteiger partial charge in [-0.25, -0.2) is 9.78 Å². The number of pyridine rings is 1. The summed E-state index contributed by atoms with van der Waals surface area (Å²) in [7, 11) is 1.46. The highest BCUT2D eigenvalue weighted by molar-refractivity contribution is 5.81. The molecular formula is C28H34F3N3O6. The first-order valence-electron chi connectivity index (χ1n) is 13.4. The van der Waals surface area contributed by atoms with Gasteiger partial charge < -0.3 is 19.3 Å². The van der Waals surface area contributed by atoms with E-state index in [0.717, 1.165) is 36.0 Å². The van der Waals surface area contributed by atoms with E-state index in [1.54, 1.807) is 0 Å². The molecule has 2 atom stereocenters. The van der Waals surface area contributed by atoms with Gasteiger partial charge in [-0.15, -0.1) is 0 Å². The number of benzene rings is 1. The molecule has 12 heteroatoms. The predicted molar refractivity (Wildman–Crippen MR) is 141 cm³/mol. The number of ether oxygens (including phenoxy) is 3. The molecule has 1 aliphatic heterocycles. The summed E-state index contributed by atoms with van der Waals surface area (Å²) in [5.41, 5.74) is -2.07. The minimum Gasteiger partial charge on any atom is -0.455 e. The van der Waals surface area contributed by atoms with Crippen LogP contribution in [-0.2, 0) is 29.2 Å². The van der Waals surface area contributed by atoms with Gasteiger partial charge in [-0.3, -0.25) is 13.9 Å². The maximum Gasteiger partial charge on any atom is 0.416 e. The quantitative estimate of drug-likeness (QED) is 0.348. The van der Waals surface area contributed by atoms with Crippen LogP contribution in [0.5, 0.6) is 11.5 Å². The Balaban J connectivity index is 1.74. The third-order valence-corrected chi connectivity index (χ3v) is 6.74. The Kier molecular flexibility index (Phi) is 9.32. The van der Waals surface area contributed by atoms with Gasteiger partial charge in [-0.2, -0.15) is 13.2 Å². The zero-order valence-corrected chi connectivity index (χ0v) is 22.7. The summed E-state index contributed by atoms with van der Waals surface area (Å²) in [6.45, 7) is 4.72. The van der Waals surface area contributed by atoms with Crippen molar-refractivity contribution in [2.45, 2.75) is 71.1 Å². The van der Waals surface area contributed by atoms with E-state index in [1.165, 1.54) is 29.9 Å². The van der Waals surface area contributed by atoms with Crippen LogP contribution >= 0.6 is 0 Å². The molecule has 0 saturated carbocycles. The van der Waals surface area contributed by atoms with Crippen molar-refractivity contribution >= 4 is 11.0 Å². The van der Waals surface area contributed by atoms with Crippen LogP contribution in [0.25, 0.3) is 11.0 Å². The average Bonchev–Trinajstić information content (AvgIpc) is 2.91. The van der Waals surface area contributed by atoms with Crippen LogP contribution in [0.15, 0.2) is 40.1 Å². The number of hydrogen-bond donors (Lipinski definition) is 1. The first-order chi connectivity index (χ1) is 19.0. The van der Waals surface area contributed by atoms with Crippen LogP contribution in [0, 0.1) is 5.92 Å². The van der Waals surface area contributed by atoms with Crippen LogP contribution in [0.2, 0.25) is 0 Å². The van der Waals surface area contributed by atoms with E-state index >= 15 is 0 Å². The summed E-state index contributed by atoms with van der Waals surface area (Å²) >= 11 is 0. The molecule has 3 aromatic rings. The van der Waals surface area contributed by atoms with E-state index in [1.807, 2.05) is 13.8 Å². The van der Waals surface area contributed by atoms with E-state index < -0.39 is 29.1 Å². The molecule has 1 fully saturated rings. The van der Waals surface area contributed by atoms with E-state index in [9.17, 15) is 27.9 Å². The Morgan fingerprint density at radius 1 is 1.23 bits per heavy atom. The zero-order chi connectivity index (χ0) is 29.0. The monoisotopic (exact) mass is 565 g/mol. The summed E-state index contributed by atoms with van der Waals surface area (Å²) in [4.78, 5) is 31.1. The minimum atomic E-state index is -4.58. The van der Waals surface area contributed by atoms with Crippen LogP contribution < -0.4 is 16.0 Å². The lowest BCUT2D eigenvalue weighted by atomic mass is 9.97. The topological polar surface area (TPSA) is 105 Å². The van der Waals surface area contributed by atoms with Gasteiger partial charge in [-0.05, 0) is 56.2 Å². The fourth-order valence-corrected chi connectivity index (χ4v) is 4.77. The summed E-state index contributed by atoms with van der Waals surface area (Å²) < 4.78 is 59.2. The maximum atomic E-state index is 13.7. The Labute approximate surface area is 229 Å². The molecule has 1 saturated heterocycles. The van der Waals surface area contributed by atoms with Crippen molar-refractivity contribution < 1.29 is 32.5 Å². The molecule has 2 unspecified atom stereocenters. The highest BCUT2D eigenvalue weighted by Crippen LogP contribution is 2.37. The molecule has 0 bridgehead atoms. The van der Waals surface area contributed by atoms with E-state index in [0.29, 0.717) is 13.0 Å². The van der Waals surface area contributed by atoms with Crippen molar-refractivity contribution in [3.05, 3.63) is 62.4 Å². The van der Waals surface area contributed by atoms with Crippen LogP contribution in [0.1, 0.15) is 63.2 Å². The molecule has 1 N–H and O–H groups in total. The van der Waals surface area contributed by atoms with Crippen LogP contribution in [-0.4, -0.2) is 38.7 Å². The lowest BCUT2D eigenvalue weighted by Crippen LogP contribution is -2.40. The number of hydrogen-bond acceptors (Lipinski definition) is 7. The predicted octanol–water partition coefficient (Wildman–Crippen LogP) is 4.92. The molecule has 3 heterocycles. The van der Waals surface area contributed by atoms with Crippen LogP contribution in [0.3, 0.4) is 0 Å². The minimum absolute atomic E-state index is 0.00790. The van der Waals surface area contributed by atoms with Crippen molar-refractivity contribution in [1.82, 2.24) is 14.1 Å². The van der Waals surface area contributed by atoms with Gasteiger partial charge in [0, 0.05) is 25.8 Å². The van der Waals surface area contributed by atoms with Gasteiger partial charge in [0.05, 0.1) is 29.9 Å². The SMILES string of the molecule is CC(C)CC(O)c1c(Oc2cccc(C(F)(F)F)c2)cnc2c1c(=O)n(CCCOC1CCCCO1)c(=O)n2C. The van der Waals surface area contributed by atoms with Gasteiger partial charge in [0.2, 0.25) is 0 Å². The van der Waals surface area contributed by atoms with Crippen molar-refractivity contribution in [1.29, 1.82) is 0 Å². The first-order valence-corrected chi connectivity index (χ1v) is 13.4. The van der Waals surface area contributed by atoms with Gasteiger partial charge >= 0.3 is 11.9 Å². The van der Waals surface area contributed by atoms with Crippen LogP contribution in [0.4, 0.5) is 13.2 Å². The Hall–Kier alpha value is -3.22. The summed E-state index contributed by atoms with van der Waals surface area (Å²) in [5.74, 6) is -0.199. The first kappa shape index (κ1) is 29.8. The highest BCUT2D eigenvalue weighted by atomic mass is 19.4. The third kappa shape index (κ3) is 6.73. The summed E-state index contributed by atoms with van der Waals surface area (Å²) in [5, 5.41) is 11.2. The fraction of sp³-hybridized carbons (Fsp3) is 0.536. The summed E-state index contributed by atoms with van der Waals surface area (Å²) in [6.07, 6.45) is -1.51. The van der Waals surface area contributed by atoms with Gasteiger partial charge in [0.1, 0.15) is 11.4 Å². The number of aromatic nitrogens is 3. The zero-order valence-electron chi connectivity index (χ0n) is 22.7. The molecule has 0 radical (unpaired) electrons. The number of aliphatic hydroxyl groups excluding tert-OH is 1. The Morgan fingerprint density at radius 2 is 2.00 bits per heavy atom. The number of halogens is 3. The van der Waals surface area contributed by atoms with E-state index in [2.05, 4.69) is 4.98 Å². The van der Waals surface area contributed by atoms with E-state index in [4.69, 9.17) is 14.2 Å². The normalized spacial score (nSPS) is 16.9. The maximum absolute atomic E-state index is 13.7. The lowest BCUT2D eigenvalue weighted by molar-refractivity contribution is -0.163. The van der Waals surface area contributed by atoms with Gasteiger partial charge in [0.15, 0.2) is 12.0 Å². The second-order valence-corrected chi connectivity index (χ2v) is 10.3. The molecule has 1 aliphatic rings. The standard InChI is InChI=1S/C28H34F3N3O6/c1-17(2)14-20(35)23-21(40-19-9-6-8-18(15-19)28(29,30)31)16-32-25-24(23)26(36)34(27(37)33(25)3)11-7-13-39-22-10-4-5-12-38-22/h6,8-9,15-17,20,22,35H,4-5,7,10-14H2,1-3H3. The molecule has 218 valence electrons. The number of rotatable bonds is 10. The number of aliphatic hydroxyl groups is 1. The highest BCUT2D eigenvalue weighted by Gasteiger charge is 2.31. The molecule has 0 aliphatic carbocycles. The second kappa shape index (κ2) is 12.5. The molecule has 4 rings (SSSR count). The number of fused-ring (bicyclic) bond motifs is 1. The molecular weight excluding hydrogens is 531 g/mol. The third-order valence-electron chi connectivity index (χ3n) is 6.74. The molecule has 0 amide bonds. The number of alkyl halides is 3. The lowest BCUT2D eigenvalue weighted by Gasteiger charge is -2.23. The van der Waals surface area contributed by atoms with Crippen molar-refractivity contribution in [3.63, 3.8) is 0 Å². The smallest absolute Gasteiger partial charge is 0.416 e. The van der Waals surface area contributed by atoms with Crippen molar-refractivity contribution in [2.24, 2.45) is 13.0 Å². The fourth-order valence-electron chi connectivity index (χ4n) is 4.77.